The van der Waals surface area contributed by atoms with Crippen molar-refractivity contribution in [3.8, 4) is 0 Å². The minimum absolute atomic E-state index is 0.728. The Hall–Kier alpha value is -0.220. The van der Waals surface area contributed by atoms with E-state index in [1.807, 2.05) is 12.1 Å². The summed E-state index contributed by atoms with van der Waals surface area (Å²) in [7, 11) is 1.72. The highest BCUT2D eigenvalue weighted by Gasteiger charge is 2.20. The maximum atomic E-state index is 6.25. The fourth-order valence-electron chi connectivity index (χ4n) is 1.62. The zero-order valence-corrected chi connectivity index (χ0v) is 11.6. The molecule has 0 amide bonds. The molecule has 0 bridgehead atoms. The standard InChI is InChI=1S/C13H18ClNOS/c1-16-7-8-17-13-10(3-2-4-12(13)14)9-15-11-5-6-11/h2-4,11,15H,5-9H2,1H3. The average Bonchev–Trinajstić information content (AvgIpc) is 3.13. The van der Waals surface area contributed by atoms with Gasteiger partial charge in [0.2, 0.25) is 0 Å². The smallest absolute Gasteiger partial charge is 0.0556 e. The lowest BCUT2D eigenvalue weighted by Crippen LogP contribution is -2.15. The molecule has 1 fully saturated rings. The molecule has 94 valence electrons. The van der Waals surface area contributed by atoms with Gasteiger partial charge in [0.05, 0.1) is 11.6 Å². The van der Waals surface area contributed by atoms with E-state index in [4.69, 9.17) is 16.3 Å². The Labute approximate surface area is 112 Å². The van der Waals surface area contributed by atoms with Crippen LogP contribution in [-0.2, 0) is 11.3 Å². The van der Waals surface area contributed by atoms with Gasteiger partial charge in [0.25, 0.3) is 0 Å². The lowest BCUT2D eigenvalue weighted by Gasteiger charge is -2.11. The van der Waals surface area contributed by atoms with Crippen molar-refractivity contribution < 1.29 is 4.74 Å². The number of benzene rings is 1. The second-order valence-corrected chi connectivity index (χ2v) is 5.74. The number of ether oxygens (including phenoxy) is 1. The van der Waals surface area contributed by atoms with Crippen molar-refractivity contribution in [2.75, 3.05) is 19.5 Å². The van der Waals surface area contributed by atoms with Gasteiger partial charge in [0.1, 0.15) is 0 Å². The van der Waals surface area contributed by atoms with Crippen LogP contribution in [0.15, 0.2) is 23.1 Å². The summed E-state index contributed by atoms with van der Waals surface area (Å²) in [6.45, 7) is 1.67. The van der Waals surface area contributed by atoms with Gasteiger partial charge >= 0.3 is 0 Å². The number of nitrogens with one attached hydrogen (secondary N) is 1. The summed E-state index contributed by atoms with van der Waals surface area (Å²) in [5.41, 5.74) is 1.30. The van der Waals surface area contributed by atoms with Crippen LogP contribution >= 0.6 is 23.4 Å². The van der Waals surface area contributed by atoms with Gasteiger partial charge in [-0.1, -0.05) is 23.7 Å². The molecule has 1 aliphatic rings. The molecule has 1 aromatic carbocycles. The molecule has 0 heterocycles. The molecule has 2 nitrogen and oxygen atoms in total. The van der Waals surface area contributed by atoms with E-state index in [2.05, 4.69) is 11.4 Å². The van der Waals surface area contributed by atoms with Crippen molar-refractivity contribution in [1.82, 2.24) is 5.32 Å². The monoisotopic (exact) mass is 271 g/mol. The molecule has 0 unspecified atom stereocenters. The van der Waals surface area contributed by atoms with Gasteiger partial charge in [-0.2, -0.15) is 0 Å². The Bertz CT molecular complexity index is 368. The second-order valence-electron chi connectivity index (χ2n) is 4.22. The first-order valence-corrected chi connectivity index (χ1v) is 7.30. The molecule has 1 aromatic rings. The van der Waals surface area contributed by atoms with Crippen LogP contribution in [0.3, 0.4) is 0 Å². The molecule has 0 radical (unpaired) electrons. The lowest BCUT2D eigenvalue weighted by atomic mass is 10.2. The number of hydrogen-bond donors (Lipinski definition) is 1. The topological polar surface area (TPSA) is 21.3 Å². The molecule has 1 saturated carbocycles. The fourth-order valence-corrected chi connectivity index (χ4v) is 2.97. The number of methoxy groups -OCH3 is 1. The molecule has 0 saturated heterocycles. The number of thioether (sulfide) groups is 1. The maximum Gasteiger partial charge on any atom is 0.0556 e. The Morgan fingerprint density at radius 3 is 3.00 bits per heavy atom. The first kappa shape index (κ1) is 13.2. The second kappa shape index (κ2) is 6.64. The van der Waals surface area contributed by atoms with Crippen molar-refractivity contribution in [3.63, 3.8) is 0 Å². The van der Waals surface area contributed by atoms with E-state index < -0.39 is 0 Å². The average molecular weight is 272 g/mol. The van der Waals surface area contributed by atoms with Crippen molar-refractivity contribution in [2.24, 2.45) is 0 Å². The molecule has 1 aliphatic carbocycles. The van der Waals surface area contributed by atoms with E-state index in [0.29, 0.717) is 0 Å². The van der Waals surface area contributed by atoms with Crippen LogP contribution in [0, 0.1) is 0 Å². The first-order chi connectivity index (χ1) is 8.31. The van der Waals surface area contributed by atoms with Crippen molar-refractivity contribution >= 4 is 23.4 Å². The zero-order valence-electron chi connectivity index (χ0n) is 10.0. The summed E-state index contributed by atoms with van der Waals surface area (Å²) in [5.74, 6) is 0.941. The summed E-state index contributed by atoms with van der Waals surface area (Å²) >= 11 is 8.02. The molecule has 17 heavy (non-hydrogen) atoms. The van der Waals surface area contributed by atoms with E-state index >= 15 is 0 Å². The molecular formula is C13H18ClNOS. The largest absolute Gasteiger partial charge is 0.384 e. The third-order valence-corrected chi connectivity index (χ3v) is 4.31. The molecular weight excluding hydrogens is 254 g/mol. The third-order valence-electron chi connectivity index (χ3n) is 2.74. The van der Waals surface area contributed by atoms with Crippen LogP contribution in [-0.4, -0.2) is 25.5 Å². The van der Waals surface area contributed by atoms with Crippen LogP contribution in [0.1, 0.15) is 18.4 Å². The third kappa shape index (κ3) is 4.18. The number of hydrogen-bond acceptors (Lipinski definition) is 3. The van der Waals surface area contributed by atoms with E-state index in [1.54, 1.807) is 18.9 Å². The normalized spacial score (nSPS) is 15.2. The van der Waals surface area contributed by atoms with Gasteiger partial charge in [-0.05, 0) is 24.5 Å². The fraction of sp³-hybridized carbons (Fsp3) is 0.538. The number of rotatable bonds is 7. The molecule has 0 spiro atoms. The molecule has 2 rings (SSSR count). The quantitative estimate of drug-likeness (QED) is 0.607. The summed E-state index contributed by atoms with van der Waals surface area (Å²) in [4.78, 5) is 1.19. The minimum atomic E-state index is 0.728. The van der Waals surface area contributed by atoms with Crippen LogP contribution in [0.5, 0.6) is 0 Å². The van der Waals surface area contributed by atoms with E-state index in [1.165, 1.54) is 23.3 Å². The van der Waals surface area contributed by atoms with E-state index in [9.17, 15) is 0 Å². The Morgan fingerprint density at radius 2 is 2.29 bits per heavy atom. The van der Waals surface area contributed by atoms with Crippen molar-refractivity contribution in [2.45, 2.75) is 30.3 Å². The van der Waals surface area contributed by atoms with Crippen LogP contribution in [0.4, 0.5) is 0 Å². The highest BCUT2D eigenvalue weighted by Crippen LogP contribution is 2.31. The van der Waals surface area contributed by atoms with Gasteiger partial charge < -0.3 is 10.1 Å². The Balaban J connectivity index is 1.98. The van der Waals surface area contributed by atoms with Gasteiger partial charge in [-0.3, -0.25) is 0 Å². The molecule has 0 aromatic heterocycles. The summed E-state index contributed by atoms with van der Waals surface area (Å²) in [6.07, 6.45) is 2.62. The summed E-state index contributed by atoms with van der Waals surface area (Å²) in [6, 6.07) is 6.85. The number of halogens is 1. The lowest BCUT2D eigenvalue weighted by molar-refractivity contribution is 0.218. The van der Waals surface area contributed by atoms with Crippen LogP contribution in [0.25, 0.3) is 0 Å². The van der Waals surface area contributed by atoms with Gasteiger partial charge in [0, 0.05) is 30.3 Å². The minimum Gasteiger partial charge on any atom is -0.384 e. The van der Waals surface area contributed by atoms with Crippen LogP contribution < -0.4 is 5.32 Å². The van der Waals surface area contributed by atoms with E-state index in [0.717, 1.165) is 30.0 Å². The predicted molar refractivity (Wildman–Crippen MR) is 73.9 cm³/mol. The Kier molecular flexibility index (Phi) is 5.16. The van der Waals surface area contributed by atoms with E-state index in [-0.39, 0.29) is 0 Å². The highest BCUT2D eigenvalue weighted by atomic mass is 35.5. The first-order valence-electron chi connectivity index (χ1n) is 5.94. The maximum absolute atomic E-state index is 6.25. The SMILES string of the molecule is COCCSc1c(Cl)cccc1CNC1CC1. The van der Waals surface area contributed by atoms with Gasteiger partial charge in [-0.25, -0.2) is 0 Å². The van der Waals surface area contributed by atoms with Gasteiger partial charge in [0.15, 0.2) is 0 Å². The summed E-state index contributed by atoms with van der Waals surface area (Å²) < 4.78 is 5.07. The molecule has 0 aliphatic heterocycles. The molecule has 1 N–H and O–H groups in total. The molecule has 4 heteroatoms. The summed E-state index contributed by atoms with van der Waals surface area (Å²) in [5, 5.41) is 4.38. The Morgan fingerprint density at radius 1 is 1.47 bits per heavy atom. The molecule has 0 atom stereocenters. The van der Waals surface area contributed by atoms with Crippen molar-refractivity contribution in [3.05, 3.63) is 28.8 Å². The predicted octanol–water partition coefficient (Wildman–Crippen LogP) is 3.33. The van der Waals surface area contributed by atoms with Crippen LogP contribution in [0.2, 0.25) is 5.02 Å². The highest BCUT2D eigenvalue weighted by molar-refractivity contribution is 7.99. The zero-order chi connectivity index (χ0) is 12.1. The van der Waals surface area contributed by atoms with Crippen molar-refractivity contribution in [1.29, 1.82) is 0 Å². The van der Waals surface area contributed by atoms with Gasteiger partial charge in [-0.15, -0.1) is 11.8 Å².